The van der Waals surface area contributed by atoms with Crippen LogP contribution in [0.2, 0.25) is 5.02 Å². The number of thioether (sulfide) groups is 1. The second-order valence-corrected chi connectivity index (χ2v) is 28.4. The van der Waals surface area contributed by atoms with E-state index in [1.54, 1.807) is 86.6 Å². The van der Waals surface area contributed by atoms with E-state index < -0.39 is 223 Å². The predicted octanol–water partition coefficient (Wildman–Crippen LogP) is -0.301. The Hall–Kier alpha value is -9.17. The molecule has 2 aliphatic heterocycles. The van der Waals surface area contributed by atoms with Crippen LogP contribution in [0.25, 0.3) is 0 Å². The summed E-state index contributed by atoms with van der Waals surface area (Å²) in [5, 5.41) is 60.7. The number of nitrogens with two attached hydrogens (primary N) is 1. The second-order valence-electron chi connectivity index (χ2n) is 27.0. The Morgan fingerprint density at radius 3 is 1.57 bits per heavy atom. The third-order valence-electron chi connectivity index (χ3n) is 18.5. The van der Waals surface area contributed by atoms with Gasteiger partial charge in [-0.05, 0) is 81.7 Å². The van der Waals surface area contributed by atoms with E-state index in [9.17, 15) is 92.3 Å². The summed E-state index contributed by atoms with van der Waals surface area (Å²) in [6.07, 6.45) is -6.84. The number of Topliss-reactive ketones (excluding diaryl/α,β-unsaturated/α-hetero) is 3. The van der Waals surface area contributed by atoms with Crippen molar-refractivity contribution < 1.29 is 92.3 Å². The minimum absolute atomic E-state index is 0.0341. The molecule has 0 radical (unpaired) electrons. The predicted molar refractivity (Wildman–Crippen MR) is 382 cm³/mol. The number of carbonyl (C=O) groups excluding carboxylic acids is 14. The van der Waals surface area contributed by atoms with Crippen LogP contribution in [0.5, 0.6) is 0 Å². The Balaban J connectivity index is 1.53. The number of hydrogen-bond acceptors (Lipinski definition) is 19. The number of benzene rings is 3. The van der Waals surface area contributed by atoms with Crippen molar-refractivity contribution in [3.63, 3.8) is 0 Å². The fourth-order valence-electron chi connectivity index (χ4n) is 12.1. The lowest BCUT2D eigenvalue weighted by Crippen LogP contribution is -2.59. The van der Waals surface area contributed by atoms with Gasteiger partial charge >= 0.3 is 5.97 Å². The molecule has 0 aliphatic carbocycles. The lowest BCUT2D eigenvalue weighted by Gasteiger charge is -2.33. The van der Waals surface area contributed by atoms with E-state index in [0.29, 0.717) is 28.1 Å². The average Bonchev–Trinajstić information content (AvgIpc) is 1.37. The molecule has 3 aromatic rings. The van der Waals surface area contributed by atoms with Gasteiger partial charge in [0.05, 0.1) is 42.4 Å². The van der Waals surface area contributed by atoms with Crippen molar-refractivity contribution in [1.82, 2.24) is 51.9 Å². The highest BCUT2D eigenvalue weighted by Gasteiger charge is 2.42. The number of ketones is 3. The number of likely N-dealkylation sites (N-methyl/N-ethyl adjacent to an activating group) is 2. The number of aliphatic carboxylic acids is 1. The monoisotopic (exact) mass is 1490 g/mol. The molecule has 13 N–H and O–H groups in total. The van der Waals surface area contributed by atoms with Crippen molar-refractivity contribution in [3.8, 4) is 0 Å². The Morgan fingerprint density at radius 1 is 0.567 bits per heavy atom. The van der Waals surface area contributed by atoms with Crippen LogP contribution in [-0.4, -0.2) is 235 Å². The molecule has 2 fully saturated rings. The summed E-state index contributed by atoms with van der Waals surface area (Å²) in [6, 6.07) is 8.28. The zero-order valence-electron chi connectivity index (χ0n) is 59.8. The van der Waals surface area contributed by atoms with Gasteiger partial charge in [0.1, 0.15) is 48.3 Å². The van der Waals surface area contributed by atoms with E-state index in [1.165, 1.54) is 58.8 Å². The van der Waals surface area contributed by atoms with Crippen LogP contribution in [-0.2, 0) is 91.2 Å². The number of nitrogens with one attached hydrogen (secondary N) is 7. The lowest BCUT2D eigenvalue weighted by atomic mass is 9.88. The molecule has 0 bridgehead atoms. The number of fused-ring (bicyclic) bond motifs is 1. The average molecular weight is 1490 g/mol. The van der Waals surface area contributed by atoms with Crippen molar-refractivity contribution in [3.05, 3.63) is 107 Å². The molecule has 0 aromatic heterocycles. The SMILES string of the molecule is CC(C)[C@@H]1NC(=O)[C@H](Cc2ccccc2)NC(=O)CSC[C@@H](C(N)=O)NC(=O)[C@@H]2CCCN2C(=O)[C@H](C)CC(=O)C(CC(=O)O)NC(=O)[C@H](C)N(C)C(=O)[C@H](Cc2ccc(Cl)cc2)NC(=O)[C@H](C)N(C)C(=O)[C@H](Cc2ccccc2)NC(=O)[C@H]([C@@H](C)O)CC(=O)[C@H]([C@@H](C)O)NC(=O)[C@H](CCO)CC1=O. The molecule has 30 nitrogen and oxygen atoms in total. The molecule has 2 saturated heterocycles. The molecule has 15 atom stereocenters. The van der Waals surface area contributed by atoms with Gasteiger partial charge < -0.3 is 78.1 Å². The molecule has 11 amide bonds. The van der Waals surface area contributed by atoms with E-state index in [2.05, 4.69) is 37.2 Å². The summed E-state index contributed by atoms with van der Waals surface area (Å²) < 4.78 is 0. The van der Waals surface area contributed by atoms with E-state index in [4.69, 9.17) is 17.3 Å². The van der Waals surface area contributed by atoms with E-state index in [1.807, 2.05) is 0 Å². The number of rotatable bonds is 14. The summed E-state index contributed by atoms with van der Waals surface area (Å²) >= 11 is 7.05. The Bertz CT molecular complexity index is 3550. The first kappa shape index (κ1) is 85.5. The van der Waals surface area contributed by atoms with Crippen LogP contribution in [0.1, 0.15) is 110 Å². The highest BCUT2D eigenvalue weighted by molar-refractivity contribution is 8.00. The van der Waals surface area contributed by atoms with Crippen LogP contribution in [0.3, 0.4) is 0 Å². The molecule has 2 aliphatic rings. The van der Waals surface area contributed by atoms with Gasteiger partial charge in [-0.15, -0.1) is 11.8 Å². The number of aliphatic hydroxyl groups excluding tert-OH is 3. The quantitative estimate of drug-likeness (QED) is 0.0986. The van der Waals surface area contributed by atoms with Crippen LogP contribution >= 0.6 is 23.4 Å². The number of aliphatic hydroxyl groups is 3. The summed E-state index contributed by atoms with van der Waals surface area (Å²) in [4.78, 5) is 214. The Kier molecular flexibility index (Phi) is 33.5. The van der Waals surface area contributed by atoms with Gasteiger partial charge in [0.15, 0.2) is 17.3 Å². The normalized spacial score (nSPS) is 27.0. The number of nitrogens with zero attached hydrogens (tertiary/aromatic N) is 3. The molecule has 3 aromatic carbocycles. The van der Waals surface area contributed by atoms with Gasteiger partial charge in [-0.25, -0.2) is 0 Å². The van der Waals surface area contributed by atoms with Crippen molar-refractivity contribution in [2.75, 3.05) is 38.8 Å². The topological polar surface area (TPSA) is 457 Å². The smallest absolute Gasteiger partial charge is 0.305 e. The van der Waals surface area contributed by atoms with Gasteiger partial charge in [-0.1, -0.05) is 105 Å². The molecule has 32 heteroatoms. The number of amides is 11. The molecule has 0 spiro atoms. The van der Waals surface area contributed by atoms with Crippen molar-refractivity contribution >= 4 is 112 Å². The van der Waals surface area contributed by atoms with Crippen molar-refractivity contribution in [1.29, 1.82) is 0 Å². The van der Waals surface area contributed by atoms with E-state index >= 15 is 0 Å². The molecule has 104 heavy (non-hydrogen) atoms. The standard InChI is InChI=1S/C72H98ClN11O19S/c1-38(2)61-57(89)33-47(26-28-85)66(97)81-62(43(7)87)58(90)34-49(42(6)86)67(98)78-53(31-45-19-14-11-15-20-45)72(103)83(9)41(5)65(96)77-52(32-46-22-24-48(73)25-23-46)71(102)82(8)40(4)64(95)76-50(35-60(92)93)56(88)29-39(3)70(101)84-27-16-21-55(84)69(100)79-54(63(74)94)36-104-37-59(91)75-51(68(99)80-61)30-44-17-12-10-13-18-44/h10-15,17-20,22-25,38-43,47,49-55,61-62,85-87H,16,21,26-37H2,1-9H3,(H2,74,94)(H,75,91)(H,76,95)(H,77,96)(H,78,98)(H,79,100)(H,80,99)(H,81,97)(H,92,93)/t39-,40+,41+,42-,43-,47-,49+,50?,51+,52+,53+,54+,55+,61+,62+/m1/s1. The third-order valence-corrected chi connectivity index (χ3v) is 19.8. The van der Waals surface area contributed by atoms with E-state index in [0.717, 1.165) is 28.5 Å². The third kappa shape index (κ3) is 25.3. The largest absolute Gasteiger partial charge is 0.481 e. The minimum atomic E-state index is -1.79. The first-order valence-corrected chi connectivity index (χ1v) is 36.0. The highest BCUT2D eigenvalue weighted by atomic mass is 35.5. The number of primary amides is 1. The lowest BCUT2D eigenvalue weighted by molar-refractivity contribution is -0.145. The van der Waals surface area contributed by atoms with Crippen LogP contribution in [0.15, 0.2) is 84.9 Å². The number of carboxylic acids is 1. The van der Waals surface area contributed by atoms with Gasteiger partial charge in [0.2, 0.25) is 65.0 Å². The first-order valence-electron chi connectivity index (χ1n) is 34.4. The van der Waals surface area contributed by atoms with Gasteiger partial charge in [0.25, 0.3) is 0 Å². The van der Waals surface area contributed by atoms with Gasteiger partial charge in [-0.3, -0.25) is 71.9 Å². The van der Waals surface area contributed by atoms with Gasteiger partial charge in [-0.2, -0.15) is 0 Å². The fraction of sp³-hybridized carbons (Fsp3) is 0.542. The maximum Gasteiger partial charge on any atom is 0.305 e. The Morgan fingerprint density at radius 2 is 1.07 bits per heavy atom. The number of halogens is 1. The summed E-state index contributed by atoms with van der Waals surface area (Å²) in [6.45, 7) is 8.91. The molecule has 0 saturated carbocycles. The van der Waals surface area contributed by atoms with Crippen molar-refractivity contribution in [2.45, 2.75) is 185 Å². The minimum Gasteiger partial charge on any atom is -0.481 e. The van der Waals surface area contributed by atoms with E-state index in [-0.39, 0.29) is 44.4 Å². The maximum atomic E-state index is 14.8. The van der Waals surface area contributed by atoms with Crippen LogP contribution in [0, 0.1) is 23.7 Å². The van der Waals surface area contributed by atoms with Crippen molar-refractivity contribution in [2.24, 2.45) is 29.4 Å². The summed E-state index contributed by atoms with van der Waals surface area (Å²) in [7, 11) is 2.46. The number of hydrogen-bond donors (Lipinski definition) is 12. The van der Waals surface area contributed by atoms with Gasteiger partial charge in [0, 0.05) is 88.4 Å². The molecular formula is C72H98ClN11O19S. The maximum absolute atomic E-state index is 14.8. The molecule has 568 valence electrons. The number of carboxylic acid groups (broad SMARTS) is 1. The molecule has 2 heterocycles. The molecule has 5 rings (SSSR count). The zero-order chi connectivity index (χ0) is 77.4. The fourth-order valence-corrected chi connectivity index (χ4v) is 13.0. The second kappa shape index (κ2) is 40.8. The summed E-state index contributed by atoms with van der Waals surface area (Å²) in [5.74, 6) is -19.5. The number of carbonyl (C=O) groups is 15. The Labute approximate surface area is 613 Å². The summed E-state index contributed by atoms with van der Waals surface area (Å²) in [5.41, 5.74) is 7.30. The first-order chi connectivity index (χ1) is 49.0. The molecular weight excluding hydrogens is 1390 g/mol. The van der Waals surface area contributed by atoms with Crippen LogP contribution in [0.4, 0.5) is 0 Å². The molecule has 1 unspecified atom stereocenters. The highest BCUT2D eigenvalue weighted by Crippen LogP contribution is 2.25. The zero-order valence-corrected chi connectivity index (χ0v) is 61.4. The van der Waals surface area contributed by atoms with Crippen LogP contribution < -0.4 is 43.0 Å².